The van der Waals surface area contributed by atoms with Crippen LogP contribution < -0.4 is 5.32 Å². The average Bonchev–Trinajstić information content (AvgIpc) is 2.49. The summed E-state index contributed by atoms with van der Waals surface area (Å²) >= 11 is 0. The van der Waals surface area contributed by atoms with Crippen LogP contribution in [0.15, 0.2) is 48.5 Å². The van der Waals surface area contributed by atoms with Crippen molar-refractivity contribution in [1.82, 2.24) is 5.32 Å². The van der Waals surface area contributed by atoms with Crippen LogP contribution >= 0.6 is 12.4 Å². The molecule has 1 atom stereocenters. The van der Waals surface area contributed by atoms with E-state index in [0.29, 0.717) is 17.5 Å². The van der Waals surface area contributed by atoms with Gasteiger partial charge in [0.1, 0.15) is 11.5 Å². The summed E-state index contributed by atoms with van der Waals surface area (Å²) in [4.78, 5) is 0. The van der Waals surface area contributed by atoms with Crippen LogP contribution in [0.4, 0.5) is 0 Å². The van der Waals surface area contributed by atoms with Crippen molar-refractivity contribution in [1.29, 1.82) is 0 Å². The van der Waals surface area contributed by atoms with Crippen LogP contribution in [0.3, 0.4) is 0 Å². The highest BCUT2D eigenvalue weighted by Crippen LogP contribution is 2.12. The first-order chi connectivity index (χ1) is 10.1. The molecule has 0 aliphatic heterocycles. The maximum absolute atomic E-state index is 9.25. The largest absolute Gasteiger partial charge is 0.508 e. The highest BCUT2D eigenvalue weighted by molar-refractivity contribution is 5.85. The normalized spacial score (nSPS) is 11.7. The second-order valence-electron chi connectivity index (χ2n) is 5.48. The fraction of sp³-hybridized carbons (Fsp3) is 0.333. The molecule has 0 aliphatic carbocycles. The lowest BCUT2D eigenvalue weighted by atomic mass is 10.1. The highest BCUT2D eigenvalue weighted by Gasteiger charge is 2.02. The van der Waals surface area contributed by atoms with Gasteiger partial charge in [-0.15, -0.1) is 12.4 Å². The van der Waals surface area contributed by atoms with Gasteiger partial charge in [0.25, 0.3) is 0 Å². The first kappa shape index (κ1) is 18.3. The molecule has 120 valence electrons. The predicted octanol–water partition coefficient (Wildman–Crippen LogP) is 3.67. The summed E-state index contributed by atoms with van der Waals surface area (Å²) in [5.41, 5.74) is 2.48. The van der Waals surface area contributed by atoms with Crippen molar-refractivity contribution in [2.24, 2.45) is 0 Å². The van der Waals surface area contributed by atoms with Gasteiger partial charge in [-0.1, -0.05) is 24.3 Å². The molecule has 0 amide bonds. The van der Waals surface area contributed by atoms with Crippen molar-refractivity contribution in [3.8, 4) is 11.5 Å². The molecular weight excluding hydrogens is 298 g/mol. The van der Waals surface area contributed by atoms with Gasteiger partial charge in [0.15, 0.2) is 0 Å². The molecule has 22 heavy (non-hydrogen) atoms. The number of aromatic hydroxyl groups is 2. The number of aryl methyl sites for hydroxylation is 1. The molecule has 0 radical (unpaired) electrons. The second kappa shape index (κ2) is 9.34. The van der Waals surface area contributed by atoms with Gasteiger partial charge in [-0.3, -0.25) is 0 Å². The van der Waals surface area contributed by atoms with Crippen LogP contribution in [0.1, 0.15) is 24.5 Å². The molecule has 2 aromatic carbocycles. The fourth-order valence-corrected chi connectivity index (χ4v) is 2.27. The number of halogens is 1. The Balaban J connectivity index is 0.00000242. The SMILES string of the molecule is CC(CCc1ccc(O)cc1)NCCc1ccc(O)cc1.Cl. The Kier molecular flexibility index (Phi) is 7.78. The lowest BCUT2D eigenvalue weighted by Gasteiger charge is -2.14. The number of benzene rings is 2. The van der Waals surface area contributed by atoms with Crippen molar-refractivity contribution in [3.63, 3.8) is 0 Å². The Morgan fingerprint density at radius 3 is 1.77 bits per heavy atom. The molecular formula is C18H24ClNO2. The van der Waals surface area contributed by atoms with E-state index in [1.807, 2.05) is 24.3 Å². The van der Waals surface area contributed by atoms with Crippen molar-refractivity contribution < 1.29 is 10.2 Å². The minimum Gasteiger partial charge on any atom is -0.508 e. The number of phenolic OH excluding ortho intramolecular Hbond substituents is 2. The van der Waals surface area contributed by atoms with Gasteiger partial charge in [-0.05, 0) is 68.1 Å². The number of nitrogens with one attached hydrogen (secondary N) is 1. The van der Waals surface area contributed by atoms with Crippen molar-refractivity contribution in [2.45, 2.75) is 32.2 Å². The third kappa shape index (κ3) is 6.37. The summed E-state index contributed by atoms with van der Waals surface area (Å²) in [5, 5.41) is 22.0. The van der Waals surface area contributed by atoms with E-state index < -0.39 is 0 Å². The van der Waals surface area contributed by atoms with E-state index in [2.05, 4.69) is 12.2 Å². The Morgan fingerprint density at radius 1 is 0.818 bits per heavy atom. The molecule has 2 aromatic rings. The highest BCUT2D eigenvalue weighted by atomic mass is 35.5. The van der Waals surface area contributed by atoms with Crippen molar-refractivity contribution in [2.75, 3.05) is 6.54 Å². The van der Waals surface area contributed by atoms with E-state index in [0.717, 1.165) is 25.8 Å². The smallest absolute Gasteiger partial charge is 0.115 e. The standard InChI is InChI=1S/C18H23NO2.ClH/c1-14(2-3-15-4-8-17(20)9-5-15)19-13-12-16-6-10-18(21)11-7-16;/h4-11,14,19-21H,2-3,12-13H2,1H3;1H. The van der Waals surface area contributed by atoms with Crippen LogP contribution in [-0.2, 0) is 12.8 Å². The Morgan fingerprint density at radius 2 is 1.27 bits per heavy atom. The Bertz CT molecular complexity index is 540. The van der Waals surface area contributed by atoms with Gasteiger partial charge in [0.2, 0.25) is 0 Å². The van der Waals surface area contributed by atoms with Gasteiger partial charge in [-0.25, -0.2) is 0 Å². The zero-order valence-corrected chi connectivity index (χ0v) is 13.6. The van der Waals surface area contributed by atoms with E-state index in [1.54, 1.807) is 24.3 Å². The zero-order valence-electron chi connectivity index (χ0n) is 12.8. The molecule has 0 saturated carbocycles. The molecule has 0 heterocycles. The molecule has 0 saturated heterocycles. The Hall–Kier alpha value is -1.71. The van der Waals surface area contributed by atoms with Gasteiger partial charge in [0, 0.05) is 6.04 Å². The predicted molar refractivity (Wildman–Crippen MR) is 93.0 cm³/mol. The molecule has 3 N–H and O–H groups in total. The van der Waals surface area contributed by atoms with Crippen LogP contribution in [0, 0.1) is 0 Å². The molecule has 1 unspecified atom stereocenters. The monoisotopic (exact) mass is 321 g/mol. The second-order valence-corrected chi connectivity index (χ2v) is 5.48. The maximum atomic E-state index is 9.25. The molecule has 4 heteroatoms. The van der Waals surface area contributed by atoms with Crippen LogP contribution in [-0.4, -0.2) is 22.8 Å². The van der Waals surface area contributed by atoms with Crippen LogP contribution in [0.5, 0.6) is 11.5 Å². The molecule has 0 spiro atoms. The number of phenols is 2. The number of hydrogen-bond donors (Lipinski definition) is 3. The summed E-state index contributed by atoms with van der Waals surface area (Å²) in [6.07, 6.45) is 3.04. The lowest BCUT2D eigenvalue weighted by Crippen LogP contribution is -2.28. The third-order valence-electron chi connectivity index (χ3n) is 3.65. The van der Waals surface area contributed by atoms with E-state index in [9.17, 15) is 10.2 Å². The quantitative estimate of drug-likeness (QED) is 0.729. The number of hydrogen-bond acceptors (Lipinski definition) is 3. The van der Waals surface area contributed by atoms with Crippen LogP contribution in [0.25, 0.3) is 0 Å². The van der Waals surface area contributed by atoms with Crippen LogP contribution in [0.2, 0.25) is 0 Å². The summed E-state index contributed by atoms with van der Waals surface area (Å²) < 4.78 is 0. The molecule has 0 bridgehead atoms. The minimum absolute atomic E-state index is 0. The number of rotatable bonds is 7. The fourth-order valence-electron chi connectivity index (χ4n) is 2.27. The molecule has 0 aromatic heterocycles. The summed E-state index contributed by atoms with van der Waals surface area (Å²) in [7, 11) is 0. The third-order valence-corrected chi connectivity index (χ3v) is 3.65. The summed E-state index contributed by atoms with van der Waals surface area (Å²) in [5.74, 6) is 0.632. The molecule has 3 nitrogen and oxygen atoms in total. The molecule has 0 fully saturated rings. The van der Waals surface area contributed by atoms with Gasteiger partial charge >= 0.3 is 0 Å². The van der Waals surface area contributed by atoms with Gasteiger partial charge in [0.05, 0.1) is 0 Å². The molecule has 0 aliphatic rings. The first-order valence-electron chi connectivity index (χ1n) is 7.42. The van der Waals surface area contributed by atoms with Gasteiger partial charge < -0.3 is 15.5 Å². The average molecular weight is 322 g/mol. The first-order valence-corrected chi connectivity index (χ1v) is 7.42. The maximum Gasteiger partial charge on any atom is 0.115 e. The molecule has 2 rings (SSSR count). The van der Waals surface area contributed by atoms with Crippen molar-refractivity contribution in [3.05, 3.63) is 59.7 Å². The minimum atomic E-state index is 0. The van der Waals surface area contributed by atoms with E-state index in [-0.39, 0.29) is 12.4 Å². The Labute approximate surface area is 138 Å². The van der Waals surface area contributed by atoms with E-state index in [1.165, 1.54) is 11.1 Å². The van der Waals surface area contributed by atoms with Gasteiger partial charge in [-0.2, -0.15) is 0 Å². The van der Waals surface area contributed by atoms with Crippen molar-refractivity contribution >= 4 is 12.4 Å². The van der Waals surface area contributed by atoms with E-state index in [4.69, 9.17) is 0 Å². The lowest BCUT2D eigenvalue weighted by molar-refractivity contribution is 0.474. The summed E-state index contributed by atoms with van der Waals surface area (Å²) in [6.45, 7) is 3.12. The summed E-state index contributed by atoms with van der Waals surface area (Å²) in [6, 6.07) is 15.2. The zero-order chi connectivity index (χ0) is 15.1. The van der Waals surface area contributed by atoms with E-state index >= 15 is 0 Å². The topological polar surface area (TPSA) is 52.5 Å².